The number of Topliss-reactive ketones (excluding diaryl/α,β-unsaturated/α-hetero) is 1. The number of nitrogens with two attached hydrogens (primary N) is 1. The van der Waals surface area contributed by atoms with E-state index in [2.05, 4.69) is 5.32 Å². The molecule has 0 fully saturated rings. The van der Waals surface area contributed by atoms with Crippen LogP contribution in [0.5, 0.6) is 0 Å². The minimum atomic E-state index is -0.385. The molecule has 0 aliphatic carbocycles. The molecular weight excluding hydrogens is 204 g/mol. The predicted octanol–water partition coefficient (Wildman–Crippen LogP) is 1.63. The summed E-state index contributed by atoms with van der Waals surface area (Å²) in [5, 5.41) is 2.70. The molecule has 1 amide bonds. The molecule has 0 aromatic carbocycles. The van der Waals surface area contributed by atoms with E-state index < -0.39 is 0 Å². The van der Waals surface area contributed by atoms with E-state index in [9.17, 15) is 9.59 Å². The van der Waals surface area contributed by atoms with Gasteiger partial charge in [-0.2, -0.15) is 0 Å². The molecule has 4 nitrogen and oxygen atoms in total. The Morgan fingerprint density at radius 2 is 1.81 bits per heavy atom. The third-order valence-electron chi connectivity index (χ3n) is 2.00. The molecule has 0 aromatic rings. The maximum Gasteiger partial charge on any atom is 0.220 e. The number of ketones is 1. The highest BCUT2D eigenvalue weighted by Gasteiger charge is 2.17. The SMILES string of the molecule is CC.CCCC(=O)NC(CCN)C(=O)CC. The van der Waals surface area contributed by atoms with E-state index in [1.54, 1.807) is 6.92 Å². The summed E-state index contributed by atoms with van der Waals surface area (Å²) >= 11 is 0. The zero-order chi connectivity index (χ0) is 13.0. The van der Waals surface area contributed by atoms with Gasteiger partial charge in [-0.3, -0.25) is 9.59 Å². The van der Waals surface area contributed by atoms with Gasteiger partial charge < -0.3 is 11.1 Å². The lowest BCUT2D eigenvalue weighted by atomic mass is 10.1. The Balaban J connectivity index is 0. The quantitative estimate of drug-likeness (QED) is 0.698. The van der Waals surface area contributed by atoms with Crippen molar-refractivity contribution in [3.8, 4) is 0 Å². The minimum Gasteiger partial charge on any atom is -0.346 e. The van der Waals surface area contributed by atoms with Crippen molar-refractivity contribution in [2.45, 2.75) is 59.4 Å². The van der Waals surface area contributed by atoms with Crippen molar-refractivity contribution in [2.75, 3.05) is 6.54 Å². The molecule has 0 heterocycles. The van der Waals surface area contributed by atoms with E-state index in [0.717, 1.165) is 6.42 Å². The number of amides is 1. The lowest BCUT2D eigenvalue weighted by Crippen LogP contribution is -2.41. The lowest BCUT2D eigenvalue weighted by molar-refractivity contribution is -0.127. The molecule has 0 aliphatic heterocycles. The Bertz CT molecular complexity index is 193. The fourth-order valence-corrected chi connectivity index (χ4v) is 1.22. The molecule has 96 valence electrons. The molecule has 0 aromatic heterocycles. The van der Waals surface area contributed by atoms with Crippen LogP contribution in [0.25, 0.3) is 0 Å². The van der Waals surface area contributed by atoms with Crippen LogP contribution in [0, 0.1) is 0 Å². The second-order valence-electron chi connectivity index (χ2n) is 3.27. The number of nitrogens with one attached hydrogen (secondary N) is 1. The van der Waals surface area contributed by atoms with Gasteiger partial charge in [-0.1, -0.05) is 27.7 Å². The van der Waals surface area contributed by atoms with Crippen molar-refractivity contribution < 1.29 is 9.59 Å². The highest BCUT2D eigenvalue weighted by Crippen LogP contribution is 1.98. The van der Waals surface area contributed by atoms with Gasteiger partial charge >= 0.3 is 0 Å². The zero-order valence-corrected chi connectivity index (χ0v) is 11.0. The first-order chi connectivity index (χ1) is 7.65. The molecule has 16 heavy (non-hydrogen) atoms. The molecule has 0 saturated carbocycles. The Morgan fingerprint density at radius 3 is 2.19 bits per heavy atom. The first kappa shape index (κ1) is 17.5. The third-order valence-corrected chi connectivity index (χ3v) is 2.00. The van der Waals surface area contributed by atoms with Gasteiger partial charge in [0.1, 0.15) is 0 Å². The van der Waals surface area contributed by atoms with Crippen molar-refractivity contribution >= 4 is 11.7 Å². The topological polar surface area (TPSA) is 72.2 Å². The van der Waals surface area contributed by atoms with E-state index in [4.69, 9.17) is 5.73 Å². The van der Waals surface area contributed by atoms with E-state index in [1.807, 2.05) is 20.8 Å². The highest BCUT2D eigenvalue weighted by molar-refractivity contribution is 5.88. The second kappa shape index (κ2) is 12.2. The minimum absolute atomic E-state index is 0.0555. The molecule has 0 spiro atoms. The average Bonchev–Trinajstić information content (AvgIpc) is 2.30. The van der Waals surface area contributed by atoms with Crippen LogP contribution in [0.15, 0.2) is 0 Å². The fourth-order valence-electron chi connectivity index (χ4n) is 1.22. The molecule has 0 bridgehead atoms. The first-order valence-electron chi connectivity index (χ1n) is 6.17. The van der Waals surface area contributed by atoms with Crippen LogP contribution in [0.1, 0.15) is 53.4 Å². The number of rotatable bonds is 7. The monoisotopic (exact) mass is 230 g/mol. The second-order valence-corrected chi connectivity index (χ2v) is 3.27. The zero-order valence-electron chi connectivity index (χ0n) is 11.0. The van der Waals surface area contributed by atoms with Crippen molar-refractivity contribution in [1.82, 2.24) is 5.32 Å². The van der Waals surface area contributed by atoms with E-state index in [1.165, 1.54) is 0 Å². The Labute approximate surface area is 99.0 Å². The summed E-state index contributed by atoms with van der Waals surface area (Å²) in [6, 6.07) is -0.385. The van der Waals surface area contributed by atoms with Crippen LogP contribution in [0.3, 0.4) is 0 Å². The summed E-state index contributed by atoms with van der Waals surface area (Å²) in [5.41, 5.74) is 5.37. The van der Waals surface area contributed by atoms with Crippen LogP contribution in [-0.2, 0) is 9.59 Å². The molecule has 0 saturated heterocycles. The lowest BCUT2D eigenvalue weighted by Gasteiger charge is -2.15. The predicted molar refractivity (Wildman–Crippen MR) is 67.2 cm³/mol. The van der Waals surface area contributed by atoms with Crippen LogP contribution in [0.2, 0.25) is 0 Å². The van der Waals surface area contributed by atoms with Gasteiger partial charge in [0.05, 0.1) is 6.04 Å². The molecule has 1 unspecified atom stereocenters. The van der Waals surface area contributed by atoms with E-state index in [-0.39, 0.29) is 17.7 Å². The summed E-state index contributed by atoms with van der Waals surface area (Å²) in [5.74, 6) is -0.00680. The number of hydrogen-bond donors (Lipinski definition) is 2. The van der Waals surface area contributed by atoms with Crippen molar-refractivity contribution in [1.29, 1.82) is 0 Å². The van der Waals surface area contributed by atoms with Crippen LogP contribution >= 0.6 is 0 Å². The summed E-state index contributed by atoms with van der Waals surface area (Å²) in [6.07, 6.45) is 2.23. The van der Waals surface area contributed by atoms with Crippen LogP contribution in [-0.4, -0.2) is 24.3 Å². The van der Waals surface area contributed by atoms with Gasteiger partial charge in [0.2, 0.25) is 5.91 Å². The smallest absolute Gasteiger partial charge is 0.220 e. The number of carbonyl (C=O) groups excluding carboxylic acids is 2. The van der Waals surface area contributed by atoms with E-state index >= 15 is 0 Å². The molecule has 0 rings (SSSR count). The molecule has 0 aliphatic rings. The van der Waals surface area contributed by atoms with Gasteiger partial charge in [-0.25, -0.2) is 0 Å². The molecule has 1 atom stereocenters. The van der Waals surface area contributed by atoms with Crippen molar-refractivity contribution in [3.63, 3.8) is 0 Å². The Hall–Kier alpha value is -0.900. The molecule has 0 radical (unpaired) electrons. The largest absolute Gasteiger partial charge is 0.346 e. The molecule has 4 heteroatoms. The van der Waals surface area contributed by atoms with Gasteiger partial charge in [0.25, 0.3) is 0 Å². The number of carbonyl (C=O) groups is 2. The molecule has 3 N–H and O–H groups in total. The van der Waals surface area contributed by atoms with E-state index in [0.29, 0.717) is 25.8 Å². The summed E-state index contributed by atoms with van der Waals surface area (Å²) in [6.45, 7) is 8.14. The first-order valence-corrected chi connectivity index (χ1v) is 6.17. The number of hydrogen-bond acceptors (Lipinski definition) is 3. The Morgan fingerprint density at radius 1 is 1.25 bits per heavy atom. The van der Waals surface area contributed by atoms with Gasteiger partial charge in [-0.15, -0.1) is 0 Å². The average molecular weight is 230 g/mol. The standard InChI is InChI=1S/C10H20N2O2.C2H6/c1-3-5-10(14)12-8(6-7-11)9(13)4-2;1-2/h8H,3-7,11H2,1-2H3,(H,12,14);1-2H3. The summed E-state index contributed by atoms with van der Waals surface area (Å²) in [7, 11) is 0. The van der Waals surface area contributed by atoms with Crippen LogP contribution < -0.4 is 11.1 Å². The maximum absolute atomic E-state index is 11.4. The van der Waals surface area contributed by atoms with Crippen molar-refractivity contribution in [2.24, 2.45) is 5.73 Å². The van der Waals surface area contributed by atoms with Crippen molar-refractivity contribution in [3.05, 3.63) is 0 Å². The van der Waals surface area contributed by atoms with Gasteiger partial charge in [0.15, 0.2) is 5.78 Å². The normalized spacial score (nSPS) is 11.1. The maximum atomic E-state index is 11.4. The summed E-state index contributed by atoms with van der Waals surface area (Å²) in [4.78, 5) is 22.6. The highest BCUT2D eigenvalue weighted by atomic mass is 16.2. The fraction of sp³-hybridized carbons (Fsp3) is 0.833. The third kappa shape index (κ3) is 8.41. The van der Waals surface area contributed by atoms with Gasteiger partial charge in [0, 0.05) is 12.8 Å². The summed E-state index contributed by atoms with van der Waals surface area (Å²) < 4.78 is 0. The van der Waals surface area contributed by atoms with Crippen LogP contribution in [0.4, 0.5) is 0 Å². The molecular formula is C12H26N2O2. The Kier molecular flexibility index (Phi) is 13.3. The van der Waals surface area contributed by atoms with Gasteiger partial charge in [-0.05, 0) is 19.4 Å².